The number of nitrogens with one attached hydrogen (secondary N) is 1. The van der Waals surface area contributed by atoms with E-state index in [9.17, 15) is 30.3 Å². The molecule has 10 nitrogen and oxygen atoms in total. The van der Waals surface area contributed by atoms with Crippen LogP contribution in [0.1, 0.15) is 5.56 Å². The zero-order valence-electron chi connectivity index (χ0n) is 16.6. The van der Waals surface area contributed by atoms with Crippen molar-refractivity contribution in [1.29, 1.82) is 5.26 Å². The first-order valence-corrected chi connectivity index (χ1v) is 9.96. The van der Waals surface area contributed by atoms with E-state index in [1.54, 1.807) is 42.5 Å². The lowest BCUT2D eigenvalue weighted by atomic mass is 10.1. The van der Waals surface area contributed by atoms with Crippen LogP contribution in [0.5, 0.6) is 11.5 Å². The van der Waals surface area contributed by atoms with Crippen LogP contribution in [0.15, 0.2) is 76.8 Å². The molecule has 0 fully saturated rings. The van der Waals surface area contributed by atoms with Crippen LogP contribution in [0.4, 0.5) is 17.1 Å². The highest BCUT2D eigenvalue weighted by Crippen LogP contribution is 2.37. The molecule has 1 amide bonds. The number of para-hydroxylation sites is 1. The molecule has 11 heteroatoms. The molecule has 0 atom stereocenters. The molecule has 0 spiro atoms. The third-order valence-electron chi connectivity index (χ3n) is 4.23. The summed E-state index contributed by atoms with van der Waals surface area (Å²) in [4.78, 5) is 33.0. The van der Waals surface area contributed by atoms with Gasteiger partial charge >= 0.3 is 5.69 Å². The second kappa shape index (κ2) is 10.2. The second-order valence-electron chi connectivity index (χ2n) is 6.45. The standard InChI is InChI=1S/C22H13BrN4O6/c23-18-11-14(10-15(13-24)22(28)25-16-4-2-1-3-5-16)6-8-20(18)33-21-9-7-17(26(29)30)12-19(21)27(31)32/h1-12H,(H,25,28)/b15-10+. The zero-order valence-corrected chi connectivity index (χ0v) is 18.2. The van der Waals surface area contributed by atoms with Crippen LogP contribution < -0.4 is 10.1 Å². The highest BCUT2D eigenvalue weighted by atomic mass is 79.9. The Labute approximate surface area is 195 Å². The molecule has 3 aromatic carbocycles. The van der Waals surface area contributed by atoms with E-state index in [4.69, 9.17) is 4.74 Å². The van der Waals surface area contributed by atoms with Gasteiger partial charge in [-0.05, 0) is 57.9 Å². The summed E-state index contributed by atoms with van der Waals surface area (Å²) in [5.74, 6) is -0.576. The zero-order chi connectivity index (χ0) is 24.0. The number of nitro benzene ring substituents is 2. The molecule has 0 radical (unpaired) electrons. The first-order chi connectivity index (χ1) is 15.8. The number of anilines is 1. The van der Waals surface area contributed by atoms with E-state index >= 15 is 0 Å². The molecule has 33 heavy (non-hydrogen) atoms. The predicted molar refractivity (Wildman–Crippen MR) is 123 cm³/mol. The number of ether oxygens (including phenoxy) is 1. The molecular weight excluding hydrogens is 496 g/mol. The van der Waals surface area contributed by atoms with Crippen molar-refractivity contribution in [2.45, 2.75) is 0 Å². The first kappa shape index (κ1) is 23.1. The Morgan fingerprint density at radius 2 is 1.70 bits per heavy atom. The average Bonchev–Trinajstić information content (AvgIpc) is 2.79. The summed E-state index contributed by atoms with van der Waals surface area (Å²) in [6.07, 6.45) is 1.38. The molecule has 0 aromatic heterocycles. The monoisotopic (exact) mass is 508 g/mol. The largest absolute Gasteiger partial charge is 0.449 e. The fourth-order valence-corrected chi connectivity index (χ4v) is 3.17. The Balaban J connectivity index is 1.84. The Morgan fingerprint density at radius 1 is 1.00 bits per heavy atom. The van der Waals surface area contributed by atoms with Crippen molar-refractivity contribution in [3.05, 3.63) is 103 Å². The summed E-state index contributed by atoms with van der Waals surface area (Å²) in [6.45, 7) is 0. The van der Waals surface area contributed by atoms with Crippen molar-refractivity contribution in [3.8, 4) is 17.6 Å². The minimum Gasteiger partial charge on any atom is -0.449 e. The van der Waals surface area contributed by atoms with Gasteiger partial charge in [0, 0.05) is 11.8 Å². The number of carbonyl (C=O) groups is 1. The molecule has 0 aliphatic carbocycles. The second-order valence-corrected chi connectivity index (χ2v) is 7.30. The minimum atomic E-state index is -0.780. The molecular formula is C22H13BrN4O6. The van der Waals surface area contributed by atoms with Gasteiger partial charge in [0.1, 0.15) is 17.4 Å². The van der Waals surface area contributed by atoms with E-state index in [1.165, 1.54) is 12.1 Å². The number of hydrogen-bond donors (Lipinski definition) is 1. The first-order valence-electron chi connectivity index (χ1n) is 9.17. The molecule has 0 bridgehead atoms. The van der Waals surface area contributed by atoms with E-state index in [0.717, 1.165) is 18.2 Å². The van der Waals surface area contributed by atoms with E-state index in [1.807, 2.05) is 6.07 Å². The molecule has 0 saturated heterocycles. The number of nitro groups is 2. The fraction of sp³-hybridized carbons (Fsp3) is 0. The van der Waals surface area contributed by atoms with Crippen molar-refractivity contribution in [1.82, 2.24) is 0 Å². The smallest absolute Gasteiger partial charge is 0.318 e. The van der Waals surface area contributed by atoms with Gasteiger partial charge in [-0.2, -0.15) is 5.26 Å². The molecule has 164 valence electrons. The van der Waals surface area contributed by atoms with Crippen molar-refractivity contribution in [2.24, 2.45) is 0 Å². The Hall–Kier alpha value is -4.56. The van der Waals surface area contributed by atoms with Gasteiger partial charge in [0.25, 0.3) is 11.6 Å². The van der Waals surface area contributed by atoms with Gasteiger partial charge in [-0.3, -0.25) is 25.0 Å². The van der Waals surface area contributed by atoms with Crippen molar-refractivity contribution in [2.75, 3.05) is 5.32 Å². The van der Waals surface area contributed by atoms with E-state index in [0.29, 0.717) is 15.7 Å². The molecule has 1 N–H and O–H groups in total. The lowest BCUT2D eigenvalue weighted by Crippen LogP contribution is -2.13. The van der Waals surface area contributed by atoms with Gasteiger partial charge < -0.3 is 10.1 Å². The number of rotatable bonds is 7. The topological polar surface area (TPSA) is 148 Å². The van der Waals surface area contributed by atoms with Crippen LogP contribution in [0, 0.1) is 31.6 Å². The molecule has 0 saturated carbocycles. The van der Waals surface area contributed by atoms with Gasteiger partial charge in [-0.15, -0.1) is 0 Å². The number of amides is 1. The van der Waals surface area contributed by atoms with E-state index in [-0.39, 0.29) is 17.1 Å². The SMILES string of the molecule is N#C/C(=C\c1ccc(Oc2ccc([N+](=O)[O-])cc2[N+](=O)[O-])c(Br)c1)C(=O)Nc1ccccc1. The van der Waals surface area contributed by atoms with Crippen LogP contribution in [0.2, 0.25) is 0 Å². The van der Waals surface area contributed by atoms with Crippen molar-refractivity contribution >= 4 is 45.0 Å². The number of halogens is 1. The van der Waals surface area contributed by atoms with Gasteiger partial charge in [0.15, 0.2) is 0 Å². The maximum absolute atomic E-state index is 12.4. The number of hydrogen-bond acceptors (Lipinski definition) is 7. The molecule has 3 aromatic rings. The average molecular weight is 509 g/mol. The van der Waals surface area contributed by atoms with Gasteiger partial charge in [0.2, 0.25) is 5.75 Å². The van der Waals surface area contributed by atoms with Crippen LogP contribution in [0.3, 0.4) is 0 Å². The van der Waals surface area contributed by atoms with Gasteiger partial charge in [0.05, 0.1) is 20.4 Å². The molecule has 3 rings (SSSR count). The Kier molecular flexibility index (Phi) is 7.12. The van der Waals surface area contributed by atoms with Crippen molar-refractivity contribution < 1.29 is 19.4 Å². The van der Waals surface area contributed by atoms with Gasteiger partial charge in [-0.1, -0.05) is 24.3 Å². The van der Waals surface area contributed by atoms with E-state index in [2.05, 4.69) is 21.2 Å². The van der Waals surface area contributed by atoms with Crippen LogP contribution >= 0.6 is 15.9 Å². The van der Waals surface area contributed by atoms with Crippen molar-refractivity contribution in [3.63, 3.8) is 0 Å². The summed E-state index contributed by atoms with van der Waals surface area (Å²) in [5, 5.41) is 34.2. The minimum absolute atomic E-state index is 0.134. The molecule has 0 heterocycles. The summed E-state index contributed by atoms with van der Waals surface area (Å²) < 4.78 is 5.95. The lowest BCUT2D eigenvalue weighted by molar-refractivity contribution is -0.394. The third-order valence-corrected chi connectivity index (χ3v) is 4.85. The third kappa shape index (κ3) is 5.78. The summed E-state index contributed by atoms with van der Waals surface area (Å²) in [7, 11) is 0. The normalized spacial score (nSPS) is 10.7. The highest BCUT2D eigenvalue weighted by molar-refractivity contribution is 9.10. The molecule has 0 aliphatic heterocycles. The number of nitrogens with zero attached hydrogens (tertiary/aromatic N) is 3. The summed E-state index contributed by atoms with van der Waals surface area (Å²) in [6, 6.07) is 18.1. The van der Waals surface area contributed by atoms with Gasteiger partial charge in [-0.25, -0.2) is 0 Å². The maximum Gasteiger partial charge on any atom is 0.318 e. The molecule has 0 unspecified atom stereocenters. The lowest BCUT2D eigenvalue weighted by Gasteiger charge is -2.09. The predicted octanol–water partition coefficient (Wildman–Crippen LogP) is 5.60. The number of nitriles is 1. The van der Waals surface area contributed by atoms with Crippen LogP contribution in [-0.4, -0.2) is 15.8 Å². The number of non-ortho nitro benzene ring substituents is 1. The number of benzene rings is 3. The van der Waals surface area contributed by atoms with E-state index < -0.39 is 27.1 Å². The maximum atomic E-state index is 12.4. The Morgan fingerprint density at radius 3 is 2.30 bits per heavy atom. The quantitative estimate of drug-likeness (QED) is 0.189. The molecule has 0 aliphatic rings. The fourth-order valence-electron chi connectivity index (χ4n) is 2.69. The summed E-state index contributed by atoms with van der Waals surface area (Å²) in [5.41, 5.74) is -0.105. The summed E-state index contributed by atoms with van der Waals surface area (Å²) >= 11 is 3.29. The van der Waals surface area contributed by atoms with Crippen LogP contribution in [0.25, 0.3) is 6.08 Å². The Bertz CT molecular complexity index is 1320. The highest BCUT2D eigenvalue weighted by Gasteiger charge is 2.22. The van der Waals surface area contributed by atoms with Crippen LogP contribution in [-0.2, 0) is 4.79 Å². The number of carbonyl (C=O) groups excluding carboxylic acids is 1.